The molecule has 1 aliphatic heterocycles. The van der Waals surface area contributed by atoms with Crippen LogP contribution in [0.5, 0.6) is 0 Å². The molecule has 1 saturated heterocycles. The van der Waals surface area contributed by atoms with Crippen molar-refractivity contribution in [3.05, 3.63) is 71.8 Å². The van der Waals surface area contributed by atoms with Crippen LogP contribution in [0.2, 0.25) is 0 Å². The zero-order valence-electron chi connectivity index (χ0n) is 19.6. The third kappa shape index (κ3) is 5.97. The van der Waals surface area contributed by atoms with Crippen LogP contribution in [0.3, 0.4) is 0 Å². The minimum absolute atomic E-state index is 0.0223. The van der Waals surface area contributed by atoms with E-state index in [1.807, 2.05) is 0 Å². The highest BCUT2D eigenvalue weighted by atomic mass is 16.5. The largest absolute Gasteiger partial charge is 0.376 e. The third-order valence-electron chi connectivity index (χ3n) is 6.91. The summed E-state index contributed by atoms with van der Waals surface area (Å²) in [5.74, 6) is 0.786. The number of hydrogen-bond acceptors (Lipinski definition) is 3. The summed E-state index contributed by atoms with van der Waals surface area (Å²) in [5.41, 5.74) is 2.78. The van der Waals surface area contributed by atoms with Crippen molar-refractivity contribution in [1.82, 2.24) is 10.6 Å². The molecule has 0 unspecified atom stereocenters. The van der Waals surface area contributed by atoms with Gasteiger partial charge in [0.2, 0.25) is 0 Å². The van der Waals surface area contributed by atoms with Crippen molar-refractivity contribution in [2.75, 3.05) is 6.61 Å². The van der Waals surface area contributed by atoms with E-state index in [0.717, 1.165) is 12.5 Å². The fourth-order valence-electron chi connectivity index (χ4n) is 5.49. The normalized spacial score (nSPS) is 25.7. The molecular formula is C28H40N2O. The molecule has 2 aromatic carbocycles. The molecule has 0 aromatic heterocycles. The third-order valence-corrected chi connectivity index (χ3v) is 6.91. The van der Waals surface area contributed by atoms with Crippen molar-refractivity contribution in [3.63, 3.8) is 0 Å². The van der Waals surface area contributed by atoms with Gasteiger partial charge in [-0.25, -0.2) is 0 Å². The molecule has 4 rings (SSSR count). The quantitative estimate of drug-likeness (QED) is 0.499. The SMILES string of the molecule is CC(C)(C)OCCCC[C@@H]1CCCC2(C1)N[C@H](c1ccccc1)[C@@H](c1ccccc1)N2. The highest BCUT2D eigenvalue weighted by molar-refractivity contribution is 5.31. The average Bonchev–Trinajstić information content (AvgIpc) is 3.13. The molecule has 3 atom stereocenters. The molecule has 0 radical (unpaired) electrons. The van der Waals surface area contributed by atoms with Crippen LogP contribution >= 0.6 is 0 Å². The second-order valence-corrected chi connectivity index (χ2v) is 10.6. The highest BCUT2D eigenvalue weighted by Gasteiger charge is 2.47. The number of hydrogen-bond donors (Lipinski definition) is 2. The minimum atomic E-state index is -0.0223. The van der Waals surface area contributed by atoms with Gasteiger partial charge in [0.25, 0.3) is 0 Å². The predicted octanol–water partition coefficient (Wildman–Crippen LogP) is 6.53. The molecule has 1 aliphatic carbocycles. The molecule has 3 heteroatoms. The molecule has 31 heavy (non-hydrogen) atoms. The number of nitrogens with one attached hydrogen (secondary N) is 2. The monoisotopic (exact) mass is 420 g/mol. The molecule has 1 spiro atoms. The number of ether oxygens (including phenoxy) is 1. The van der Waals surface area contributed by atoms with Gasteiger partial charge in [0.1, 0.15) is 0 Å². The molecule has 3 nitrogen and oxygen atoms in total. The Labute approximate surface area is 189 Å². The van der Waals surface area contributed by atoms with E-state index in [2.05, 4.69) is 92.1 Å². The van der Waals surface area contributed by atoms with Gasteiger partial charge in [-0.15, -0.1) is 0 Å². The van der Waals surface area contributed by atoms with Crippen LogP contribution in [0, 0.1) is 5.92 Å². The van der Waals surface area contributed by atoms with Crippen molar-refractivity contribution in [1.29, 1.82) is 0 Å². The van der Waals surface area contributed by atoms with E-state index in [4.69, 9.17) is 4.74 Å². The summed E-state index contributed by atoms with van der Waals surface area (Å²) in [6.07, 6.45) is 8.83. The average molecular weight is 421 g/mol. The molecule has 0 bridgehead atoms. The molecule has 168 valence electrons. The van der Waals surface area contributed by atoms with E-state index in [1.165, 1.54) is 56.1 Å². The number of unbranched alkanes of at least 4 members (excludes halogenated alkanes) is 1. The molecule has 2 N–H and O–H groups in total. The Morgan fingerprint density at radius 3 is 2.00 bits per heavy atom. The molecular weight excluding hydrogens is 380 g/mol. The van der Waals surface area contributed by atoms with Gasteiger partial charge in [0.15, 0.2) is 0 Å². The van der Waals surface area contributed by atoms with Gasteiger partial charge < -0.3 is 4.74 Å². The van der Waals surface area contributed by atoms with Gasteiger partial charge in [-0.2, -0.15) is 0 Å². The lowest BCUT2D eigenvalue weighted by atomic mass is 9.79. The van der Waals surface area contributed by atoms with Crippen molar-refractivity contribution in [2.24, 2.45) is 5.92 Å². The van der Waals surface area contributed by atoms with E-state index in [0.29, 0.717) is 12.1 Å². The van der Waals surface area contributed by atoms with Gasteiger partial charge in [0.05, 0.1) is 23.3 Å². The molecule has 0 amide bonds. The Bertz CT molecular complexity index is 751. The maximum absolute atomic E-state index is 5.91. The van der Waals surface area contributed by atoms with E-state index >= 15 is 0 Å². The summed E-state index contributed by atoms with van der Waals surface area (Å²) < 4.78 is 5.91. The van der Waals surface area contributed by atoms with Crippen LogP contribution in [0.4, 0.5) is 0 Å². The minimum Gasteiger partial charge on any atom is -0.376 e. The first kappa shape index (κ1) is 22.5. The topological polar surface area (TPSA) is 33.3 Å². The first-order valence-corrected chi connectivity index (χ1v) is 12.2. The van der Waals surface area contributed by atoms with E-state index in [-0.39, 0.29) is 11.3 Å². The first-order valence-electron chi connectivity index (χ1n) is 12.2. The first-order chi connectivity index (χ1) is 14.9. The van der Waals surface area contributed by atoms with Crippen LogP contribution < -0.4 is 10.6 Å². The van der Waals surface area contributed by atoms with Crippen LogP contribution in [-0.4, -0.2) is 17.9 Å². The summed E-state index contributed by atoms with van der Waals surface area (Å²) in [7, 11) is 0. The summed E-state index contributed by atoms with van der Waals surface area (Å²) >= 11 is 0. The predicted molar refractivity (Wildman–Crippen MR) is 129 cm³/mol. The Morgan fingerprint density at radius 1 is 0.871 bits per heavy atom. The lowest BCUT2D eigenvalue weighted by Gasteiger charge is -2.39. The molecule has 1 heterocycles. The molecule has 2 aromatic rings. The standard InChI is InChI=1S/C28H40N2O/c1-27(2,3)31-20-11-10-13-22-14-12-19-28(21-22)29-25(23-15-6-4-7-16-23)26(30-28)24-17-8-5-9-18-24/h4-9,15-18,22,25-26,29-30H,10-14,19-21H2,1-3H3/t22-,25-,26-/m1/s1. The fraction of sp³-hybridized carbons (Fsp3) is 0.571. The second-order valence-electron chi connectivity index (χ2n) is 10.6. The van der Waals surface area contributed by atoms with Crippen molar-refractivity contribution in [3.8, 4) is 0 Å². The summed E-state index contributed by atoms with van der Waals surface area (Å²) in [6, 6.07) is 22.5. The van der Waals surface area contributed by atoms with Gasteiger partial charge in [-0.3, -0.25) is 10.6 Å². The van der Waals surface area contributed by atoms with E-state index in [9.17, 15) is 0 Å². The van der Waals surface area contributed by atoms with Crippen LogP contribution in [0.25, 0.3) is 0 Å². The van der Waals surface area contributed by atoms with Crippen molar-refractivity contribution in [2.45, 2.75) is 89.1 Å². The van der Waals surface area contributed by atoms with Gasteiger partial charge in [-0.05, 0) is 63.5 Å². The lowest BCUT2D eigenvalue weighted by Crippen LogP contribution is -2.52. The Kier molecular flexibility index (Phi) is 7.15. The van der Waals surface area contributed by atoms with Crippen molar-refractivity contribution >= 4 is 0 Å². The number of rotatable bonds is 7. The van der Waals surface area contributed by atoms with Gasteiger partial charge >= 0.3 is 0 Å². The zero-order chi connectivity index (χ0) is 21.7. The van der Waals surface area contributed by atoms with Crippen LogP contribution in [-0.2, 0) is 4.74 Å². The van der Waals surface area contributed by atoms with Crippen LogP contribution in [0.1, 0.15) is 88.9 Å². The maximum Gasteiger partial charge on any atom is 0.0700 e. The fourth-order valence-corrected chi connectivity index (χ4v) is 5.49. The van der Waals surface area contributed by atoms with Gasteiger partial charge in [0, 0.05) is 6.61 Å². The Balaban J connectivity index is 1.42. The van der Waals surface area contributed by atoms with E-state index < -0.39 is 0 Å². The zero-order valence-corrected chi connectivity index (χ0v) is 19.6. The summed E-state index contributed by atoms with van der Waals surface area (Å²) in [5, 5.41) is 8.17. The maximum atomic E-state index is 5.91. The summed E-state index contributed by atoms with van der Waals surface area (Å²) in [4.78, 5) is 0. The Hall–Kier alpha value is -1.68. The lowest BCUT2D eigenvalue weighted by molar-refractivity contribution is -0.00532. The van der Waals surface area contributed by atoms with Crippen LogP contribution in [0.15, 0.2) is 60.7 Å². The van der Waals surface area contributed by atoms with Crippen molar-refractivity contribution < 1.29 is 4.74 Å². The molecule has 2 fully saturated rings. The smallest absolute Gasteiger partial charge is 0.0700 e. The summed E-state index contributed by atoms with van der Waals surface area (Å²) in [6.45, 7) is 7.30. The second kappa shape index (κ2) is 9.85. The molecule has 2 aliphatic rings. The highest BCUT2D eigenvalue weighted by Crippen LogP contribution is 2.44. The number of benzene rings is 2. The van der Waals surface area contributed by atoms with Gasteiger partial charge in [-0.1, -0.05) is 79.9 Å². The molecule has 1 saturated carbocycles. The van der Waals surface area contributed by atoms with E-state index in [1.54, 1.807) is 0 Å². The Morgan fingerprint density at radius 2 is 1.45 bits per heavy atom.